The Morgan fingerprint density at radius 3 is 2.62 bits per heavy atom. The normalized spacial score (nSPS) is 15.6. The second-order valence-electron chi connectivity index (χ2n) is 6.91. The second kappa shape index (κ2) is 11.2. The molecular weight excluding hydrogens is 480 g/mol. The van der Waals surface area contributed by atoms with E-state index < -0.39 is 56.1 Å². The molecule has 1 aliphatic heterocycles. The topological polar surface area (TPSA) is 239 Å². The van der Waals surface area contributed by atoms with Gasteiger partial charge in [0.05, 0.1) is 11.3 Å². The zero-order valence-electron chi connectivity index (χ0n) is 17.3. The smallest absolute Gasteiger partial charge is 0.333 e. The van der Waals surface area contributed by atoms with Crippen molar-refractivity contribution >= 4 is 45.2 Å². The minimum Gasteiger partial charge on any atom is -0.352 e. The number of hydrogen-bond acceptors (Lipinski definition) is 10. The van der Waals surface area contributed by atoms with Crippen molar-refractivity contribution < 1.29 is 41.9 Å². The van der Waals surface area contributed by atoms with Crippen LogP contribution in [0.1, 0.15) is 42.5 Å². The van der Waals surface area contributed by atoms with E-state index in [0.29, 0.717) is 12.8 Å². The second-order valence-corrected chi connectivity index (χ2v) is 8.51. The van der Waals surface area contributed by atoms with Crippen molar-refractivity contribution in [2.75, 3.05) is 6.54 Å². The zero-order valence-corrected chi connectivity index (χ0v) is 18.1. The SMILES string of the molecule is [N-]=[N+]=Nc1ccc([N+](=O)[O-])c(C(=O)NCCCCCC(=O)ON2C(=O)CC(S(=O)(=O)O)C2=O)c1. The molecule has 1 aromatic carbocycles. The van der Waals surface area contributed by atoms with Crippen molar-refractivity contribution in [2.24, 2.45) is 5.11 Å². The molecule has 3 amide bonds. The molecule has 2 rings (SSSR count). The van der Waals surface area contributed by atoms with Crippen molar-refractivity contribution in [1.82, 2.24) is 10.4 Å². The van der Waals surface area contributed by atoms with Gasteiger partial charge in [-0.1, -0.05) is 11.5 Å². The van der Waals surface area contributed by atoms with Crippen LogP contribution in [-0.2, 0) is 29.3 Å². The average Bonchev–Trinajstić information content (AvgIpc) is 3.04. The number of benzene rings is 1. The number of rotatable bonds is 11. The van der Waals surface area contributed by atoms with Gasteiger partial charge < -0.3 is 10.2 Å². The van der Waals surface area contributed by atoms with Gasteiger partial charge in [-0.25, -0.2) is 4.79 Å². The third kappa shape index (κ3) is 6.71. The molecule has 16 nitrogen and oxygen atoms in total. The molecule has 0 aliphatic carbocycles. The molecule has 1 unspecified atom stereocenters. The first-order valence-corrected chi connectivity index (χ1v) is 11.1. The van der Waals surface area contributed by atoms with Crippen LogP contribution in [0.15, 0.2) is 23.3 Å². The highest BCUT2D eigenvalue weighted by atomic mass is 32.2. The number of hydrogen-bond donors (Lipinski definition) is 2. The van der Waals surface area contributed by atoms with Crippen LogP contribution >= 0.6 is 0 Å². The summed E-state index contributed by atoms with van der Waals surface area (Å²) in [5.41, 5.74) is 7.72. The summed E-state index contributed by atoms with van der Waals surface area (Å²) in [6.07, 6.45) is -0.115. The summed E-state index contributed by atoms with van der Waals surface area (Å²) in [5, 5.41) is 14.9. The predicted octanol–water partition coefficient (Wildman–Crippen LogP) is 1.30. The largest absolute Gasteiger partial charge is 0.352 e. The Morgan fingerprint density at radius 1 is 1.32 bits per heavy atom. The number of nitrogens with zero attached hydrogens (tertiary/aromatic N) is 5. The summed E-state index contributed by atoms with van der Waals surface area (Å²) in [6.45, 7) is 0.0932. The fourth-order valence-electron chi connectivity index (χ4n) is 2.91. The molecule has 1 saturated heterocycles. The first-order valence-electron chi connectivity index (χ1n) is 9.61. The molecule has 17 heteroatoms. The van der Waals surface area contributed by atoms with Gasteiger partial charge in [-0.15, -0.1) is 5.06 Å². The predicted molar refractivity (Wildman–Crippen MR) is 111 cm³/mol. The van der Waals surface area contributed by atoms with E-state index >= 15 is 0 Å². The van der Waals surface area contributed by atoms with Crippen molar-refractivity contribution in [2.45, 2.75) is 37.4 Å². The molecule has 0 bridgehead atoms. The van der Waals surface area contributed by atoms with Crippen molar-refractivity contribution in [3.63, 3.8) is 0 Å². The quantitative estimate of drug-likeness (QED) is 0.0647. The van der Waals surface area contributed by atoms with Crippen LogP contribution in [0, 0.1) is 10.1 Å². The number of carbonyl (C=O) groups is 4. The Labute approximate surface area is 191 Å². The summed E-state index contributed by atoms with van der Waals surface area (Å²) in [5.74, 6) is -4.18. The Bertz CT molecular complexity index is 1180. The maximum atomic E-state index is 12.3. The lowest BCUT2D eigenvalue weighted by atomic mass is 10.1. The monoisotopic (exact) mass is 498 g/mol. The Hall–Kier alpha value is -4.08. The summed E-state index contributed by atoms with van der Waals surface area (Å²) in [6, 6.07) is 3.31. The fraction of sp³-hybridized carbons (Fsp3) is 0.412. The van der Waals surface area contributed by atoms with Crippen molar-refractivity contribution in [1.29, 1.82) is 0 Å². The number of unbranched alkanes of at least 4 members (excludes halogenated alkanes) is 2. The maximum Gasteiger partial charge on any atom is 0.333 e. The van der Waals surface area contributed by atoms with Gasteiger partial charge in [0, 0.05) is 29.6 Å². The minimum absolute atomic E-state index is 0.0123. The van der Waals surface area contributed by atoms with Crippen LogP contribution in [0.5, 0.6) is 0 Å². The highest BCUT2D eigenvalue weighted by molar-refractivity contribution is 7.87. The lowest BCUT2D eigenvalue weighted by Gasteiger charge is -2.13. The van der Waals surface area contributed by atoms with Crippen LogP contribution in [0.3, 0.4) is 0 Å². The minimum atomic E-state index is -4.82. The lowest BCUT2D eigenvalue weighted by molar-refractivity contribution is -0.385. The summed E-state index contributed by atoms with van der Waals surface area (Å²) in [4.78, 5) is 65.0. The molecule has 0 saturated carbocycles. The van der Waals surface area contributed by atoms with Gasteiger partial charge in [0.15, 0.2) is 5.25 Å². The number of nitro benzene ring substituents is 1. The van der Waals surface area contributed by atoms with Crippen molar-refractivity contribution in [3.8, 4) is 0 Å². The van der Waals surface area contributed by atoms with Crippen LogP contribution in [0.4, 0.5) is 11.4 Å². The molecule has 34 heavy (non-hydrogen) atoms. The van der Waals surface area contributed by atoms with Gasteiger partial charge in [-0.2, -0.15) is 8.42 Å². The van der Waals surface area contributed by atoms with Gasteiger partial charge in [0.2, 0.25) is 0 Å². The third-order valence-corrected chi connectivity index (χ3v) is 5.63. The number of nitrogens with one attached hydrogen (secondary N) is 1. The van der Waals surface area contributed by atoms with E-state index in [9.17, 15) is 37.7 Å². The molecule has 1 aromatic rings. The van der Waals surface area contributed by atoms with E-state index in [1.807, 2.05) is 0 Å². The summed E-state index contributed by atoms with van der Waals surface area (Å²) >= 11 is 0. The highest BCUT2D eigenvalue weighted by Gasteiger charge is 2.48. The molecule has 0 aromatic heterocycles. The van der Waals surface area contributed by atoms with E-state index in [1.54, 1.807) is 0 Å². The van der Waals surface area contributed by atoms with Crippen LogP contribution in [0.2, 0.25) is 0 Å². The molecule has 1 atom stereocenters. The molecule has 0 radical (unpaired) electrons. The maximum absolute atomic E-state index is 12.3. The summed E-state index contributed by atoms with van der Waals surface area (Å²) in [7, 11) is -4.82. The first-order chi connectivity index (χ1) is 16.0. The fourth-order valence-corrected chi connectivity index (χ4v) is 3.61. The van der Waals surface area contributed by atoms with E-state index in [1.165, 1.54) is 6.07 Å². The molecule has 1 aliphatic rings. The Kier molecular flexibility index (Phi) is 8.60. The van der Waals surface area contributed by atoms with Gasteiger partial charge in [0.1, 0.15) is 5.56 Å². The van der Waals surface area contributed by atoms with Crippen LogP contribution in [-0.4, -0.2) is 58.4 Å². The standard InChI is InChI=1S/C17H18N6O10S/c18-21-20-10-5-6-12(23(28)29)11(8-10)16(26)19-7-3-1-2-4-15(25)33-22-14(24)9-13(17(22)27)34(30,31)32/h5-6,8,13H,1-4,7,9H2,(H,19,26)(H,30,31,32). The van der Waals surface area contributed by atoms with Crippen LogP contribution in [0.25, 0.3) is 10.4 Å². The third-order valence-electron chi connectivity index (χ3n) is 4.54. The van der Waals surface area contributed by atoms with Gasteiger partial charge >= 0.3 is 5.97 Å². The zero-order chi connectivity index (χ0) is 25.5. The lowest BCUT2D eigenvalue weighted by Crippen LogP contribution is -2.36. The first kappa shape index (κ1) is 26.2. The number of nitro groups is 1. The molecule has 1 fully saturated rings. The van der Waals surface area contributed by atoms with E-state index in [2.05, 4.69) is 20.2 Å². The Balaban J connectivity index is 1.77. The van der Waals surface area contributed by atoms with Gasteiger partial charge in [-0.05, 0) is 30.5 Å². The van der Waals surface area contributed by atoms with E-state index in [-0.39, 0.29) is 35.7 Å². The van der Waals surface area contributed by atoms with E-state index in [4.69, 9.17) is 10.1 Å². The highest BCUT2D eigenvalue weighted by Crippen LogP contribution is 2.24. The molecule has 0 spiro atoms. The number of azide groups is 1. The number of imide groups is 1. The van der Waals surface area contributed by atoms with Crippen molar-refractivity contribution in [3.05, 3.63) is 44.3 Å². The number of hydroxylamine groups is 2. The average molecular weight is 498 g/mol. The molecule has 1 heterocycles. The van der Waals surface area contributed by atoms with Gasteiger partial charge in [0.25, 0.3) is 33.5 Å². The summed E-state index contributed by atoms with van der Waals surface area (Å²) < 4.78 is 31.0. The van der Waals surface area contributed by atoms with Gasteiger partial charge in [-0.3, -0.25) is 29.1 Å². The Morgan fingerprint density at radius 2 is 2.03 bits per heavy atom. The number of amides is 3. The van der Waals surface area contributed by atoms with Crippen LogP contribution < -0.4 is 5.32 Å². The molecular formula is C17H18N6O10S. The molecule has 2 N–H and O–H groups in total. The van der Waals surface area contributed by atoms with E-state index in [0.717, 1.165) is 12.1 Å². The molecule has 182 valence electrons. The number of carbonyl (C=O) groups excluding carboxylic acids is 4.